The molecular formula is C19H25NO2. The number of phenolic OH excluding ortho intramolecular Hbond substituents is 1. The third kappa shape index (κ3) is 2.37. The first-order valence-corrected chi connectivity index (χ1v) is 8.54. The molecule has 4 saturated carbocycles. The Kier molecular flexibility index (Phi) is 3.50. The third-order valence-corrected chi connectivity index (χ3v) is 5.79. The Balaban J connectivity index is 1.72. The summed E-state index contributed by atoms with van der Waals surface area (Å²) in [7, 11) is 0. The molecule has 22 heavy (non-hydrogen) atoms. The van der Waals surface area contributed by atoms with Gasteiger partial charge in [-0.1, -0.05) is 18.2 Å². The van der Waals surface area contributed by atoms with Crippen LogP contribution in [0.3, 0.4) is 0 Å². The summed E-state index contributed by atoms with van der Waals surface area (Å²) < 4.78 is 6.35. The van der Waals surface area contributed by atoms with Crippen molar-refractivity contribution in [1.29, 1.82) is 0 Å². The molecule has 0 saturated heterocycles. The van der Waals surface area contributed by atoms with Crippen LogP contribution in [0.5, 0.6) is 5.75 Å². The quantitative estimate of drug-likeness (QED) is 0.896. The molecule has 0 amide bonds. The van der Waals surface area contributed by atoms with E-state index in [1.807, 2.05) is 12.1 Å². The van der Waals surface area contributed by atoms with Crippen molar-refractivity contribution in [2.45, 2.75) is 37.7 Å². The predicted molar refractivity (Wildman–Crippen MR) is 87.4 cm³/mol. The maximum Gasteiger partial charge on any atom is 0.116 e. The Morgan fingerprint density at radius 2 is 2.00 bits per heavy atom. The topological polar surface area (TPSA) is 55.5 Å². The van der Waals surface area contributed by atoms with E-state index in [1.54, 1.807) is 6.07 Å². The van der Waals surface area contributed by atoms with Crippen LogP contribution in [0.1, 0.15) is 37.7 Å². The lowest BCUT2D eigenvalue weighted by Crippen LogP contribution is -2.54. The highest BCUT2D eigenvalue weighted by Gasteiger charge is 2.54. The highest BCUT2D eigenvalue weighted by atomic mass is 16.5. The van der Waals surface area contributed by atoms with Crippen molar-refractivity contribution < 1.29 is 9.84 Å². The summed E-state index contributed by atoms with van der Waals surface area (Å²) in [6.07, 6.45) is 8.61. The van der Waals surface area contributed by atoms with Gasteiger partial charge in [-0.05, 0) is 73.1 Å². The minimum absolute atomic E-state index is 0.0837. The number of aromatic hydroxyl groups is 1. The van der Waals surface area contributed by atoms with Crippen molar-refractivity contribution in [3.8, 4) is 5.75 Å². The summed E-state index contributed by atoms with van der Waals surface area (Å²) in [4.78, 5) is 0. The first kappa shape index (κ1) is 14.3. The second-order valence-corrected chi connectivity index (χ2v) is 7.37. The normalized spacial score (nSPS) is 37.9. The highest BCUT2D eigenvalue weighted by Crippen LogP contribution is 2.60. The van der Waals surface area contributed by atoms with Crippen molar-refractivity contribution >= 4 is 6.08 Å². The largest absolute Gasteiger partial charge is 0.508 e. The Hall–Kier alpha value is -1.32. The molecule has 1 aromatic carbocycles. The van der Waals surface area contributed by atoms with E-state index in [4.69, 9.17) is 10.5 Å². The van der Waals surface area contributed by atoms with Crippen LogP contribution in [0, 0.1) is 17.8 Å². The van der Waals surface area contributed by atoms with Gasteiger partial charge in [-0.25, -0.2) is 0 Å². The number of hydrogen-bond donors (Lipinski definition) is 2. The van der Waals surface area contributed by atoms with Gasteiger partial charge >= 0.3 is 0 Å². The summed E-state index contributed by atoms with van der Waals surface area (Å²) in [5, 5.41) is 9.72. The maximum atomic E-state index is 9.72. The lowest BCUT2D eigenvalue weighted by atomic mass is 9.52. The number of ether oxygens (including phenoxy) is 1. The summed E-state index contributed by atoms with van der Waals surface area (Å²) in [5.74, 6) is 2.65. The van der Waals surface area contributed by atoms with E-state index in [2.05, 4.69) is 12.1 Å². The number of hydrogen-bond acceptors (Lipinski definition) is 3. The van der Waals surface area contributed by atoms with E-state index >= 15 is 0 Å². The SMILES string of the molecule is NCCOC12CC3CC(CC(C3)C1=Cc1cccc(O)c1)C2. The molecule has 2 unspecified atom stereocenters. The van der Waals surface area contributed by atoms with Gasteiger partial charge in [-0.3, -0.25) is 0 Å². The van der Waals surface area contributed by atoms with Crippen molar-refractivity contribution in [2.24, 2.45) is 23.5 Å². The van der Waals surface area contributed by atoms with Gasteiger partial charge in [0.1, 0.15) is 5.75 Å². The van der Waals surface area contributed by atoms with Crippen molar-refractivity contribution in [1.82, 2.24) is 0 Å². The first-order valence-electron chi connectivity index (χ1n) is 8.54. The molecule has 0 heterocycles. The van der Waals surface area contributed by atoms with Crippen molar-refractivity contribution in [3.63, 3.8) is 0 Å². The van der Waals surface area contributed by atoms with E-state index in [-0.39, 0.29) is 5.60 Å². The van der Waals surface area contributed by atoms with Crippen LogP contribution in [0.15, 0.2) is 29.8 Å². The average Bonchev–Trinajstić information content (AvgIpc) is 2.48. The van der Waals surface area contributed by atoms with Crippen molar-refractivity contribution in [2.75, 3.05) is 13.2 Å². The molecule has 3 N–H and O–H groups in total. The number of benzene rings is 1. The number of phenols is 1. The predicted octanol–water partition coefficient (Wildman–Crippen LogP) is 3.33. The summed E-state index contributed by atoms with van der Waals surface area (Å²) >= 11 is 0. The second kappa shape index (κ2) is 5.39. The fraction of sp³-hybridized carbons (Fsp3) is 0.579. The van der Waals surface area contributed by atoms with E-state index in [9.17, 15) is 5.11 Å². The van der Waals surface area contributed by atoms with Gasteiger partial charge in [0.15, 0.2) is 0 Å². The highest BCUT2D eigenvalue weighted by molar-refractivity contribution is 5.58. The molecule has 118 valence electrons. The number of rotatable bonds is 4. The zero-order chi connectivity index (χ0) is 15.2. The van der Waals surface area contributed by atoms with Crippen LogP contribution in [0.25, 0.3) is 6.08 Å². The Labute approximate surface area is 132 Å². The van der Waals surface area contributed by atoms with E-state index < -0.39 is 0 Å². The molecule has 4 aliphatic rings. The molecule has 0 aromatic heterocycles. The Morgan fingerprint density at radius 1 is 1.23 bits per heavy atom. The first-order chi connectivity index (χ1) is 10.7. The van der Waals surface area contributed by atoms with Gasteiger partial charge in [0.2, 0.25) is 0 Å². The summed E-state index contributed by atoms with van der Waals surface area (Å²) in [6, 6.07) is 7.54. The minimum atomic E-state index is -0.0837. The fourth-order valence-corrected chi connectivity index (χ4v) is 5.27. The maximum absolute atomic E-state index is 9.72. The molecule has 3 heteroatoms. The van der Waals surface area contributed by atoms with Crippen LogP contribution in [-0.4, -0.2) is 23.9 Å². The van der Waals surface area contributed by atoms with Gasteiger partial charge in [0, 0.05) is 6.54 Å². The van der Waals surface area contributed by atoms with E-state index in [0.717, 1.165) is 30.2 Å². The molecule has 4 aliphatic carbocycles. The Morgan fingerprint density at radius 3 is 2.68 bits per heavy atom. The molecule has 1 aromatic rings. The average molecular weight is 299 g/mol. The van der Waals surface area contributed by atoms with Gasteiger partial charge in [0.05, 0.1) is 12.2 Å². The Bertz CT molecular complexity index is 581. The number of nitrogens with two attached hydrogens (primary N) is 1. The lowest BCUT2D eigenvalue weighted by molar-refractivity contribution is -0.117. The van der Waals surface area contributed by atoms with E-state index in [1.165, 1.54) is 24.8 Å². The van der Waals surface area contributed by atoms with Crippen molar-refractivity contribution in [3.05, 3.63) is 35.4 Å². The molecule has 4 fully saturated rings. The third-order valence-electron chi connectivity index (χ3n) is 5.79. The van der Waals surface area contributed by atoms with Gasteiger partial charge in [0.25, 0.3) is 0 Å². The summed E-state index contributed by atoms with van der Waals surface area (Å²) in [6.45, 7) is 1.23. The molecule has 0 radical (unpaired) electrons. The molecular weight excluding hydrogens is 274 g/mol. The zero-order valence-corrected chi connectivity index (χ0v) is 13.0. The minimum Gasteiger partial charge on any atom is -0.508 e. The zero-order valence-electron chi connectivity index (χ0n) is 13.0. The molecule has 4 bridgehead atoms. The molecule has 2 atom stereocenters. The van der Waals surface area contributed by atoms with E-state index in [0.29, 0.717) is 24.8 Å². The standard InChI is InChI=1S/C19H25NO2/c20-4-5-22-19-11-14-6-15(12-19)8-16(7-14)18(19)10-13-2-1-3-17(21)9-13/h1-3,9-10,14-16,21H,4-8,11-12,20H2. The van der Waals surface area contributed by atoms with Crippen LogP contribution in [-0.2, 0) is 4.74 Å². The molecule has 0 spiro atoms. The van der Waals surface area contributed by atoms with Crippen LogP contribution >= 0.6 is 0 Å². The van der Waals surface area contributed by atoms with Crippen LogP contribution in [0.4, 0.5) is 0 Å². The smallest absolute Gasteiger partial charge is 0.116 e. The molecule has 3 nitrogen and oxygen atoms in total. The van der Waals surface area contributed by atoms with Crippen LogP contribution in [0.2, 0.25) is 0 Å². The monoisotopic (exact) mass is 299 g/mol. The van der Waals surface area contributed by atoms with Gasteiger partial charge in [-0.2, -0.15) is 0 Å². The lowest BCUT2D eigenvalue weighted by Gasteiger charge is -2.58. The molecule has 0 aliphatic heterocycles. The second-order valence-electron chi connectivity index (χ2n) is 7.37. The van der Waals surface area contributed by atoms with Crippen LogP contribution < -0.4 is 5.73 Å². The van der Waals surface area contributed by atoms with Gasteiger partial charge in [-0.15, -0.1) is 0 Å². The molecule has 5 rings (SSSR count). The fourth-order valence-electron chi connectivity index (χ4n) is 5.27. The summed E-state index contributed by atoms with van der Waals surface area (Å²) in [5.41, 5.74) is 8.15. The van der Waals surface area contributed by atoms with Gasteiger partial charge < -0.3 is 15.6 Å².